The van der Waals surface area contributed by atoms with Gasteiger partial charge in [-0.05, 0) is 39.5 Å². The van der Waals surface area contributed by atoms with Gasteiger partial charge in [-0.1, -0.05) is 0 Å². The number of rotatable bonds is 9. The average molecular weight is 246 g/mol. The van der Waals surface area contributed by atoms with E-state index in [0.29, 0.717) is 19.3 Å². The van der Waals surface area contributed by atoms with Crippen LogP contribution in [0.2, 0.25) is 0 Å². The summed E-state index contributed by atoms with van der Waals surface area (Å²) in [5.41, 5.74) is 2.79. The first-order valence-electron chi connectivity index (χ1n) is 6.62. The smallest absolute Gasteiger partial charge is 0.173 e. The van der Waals surface area contributed by atoms with Crippen LogP contribution in [0, 0.1) is 0 Å². The van der Waals surface area contributed by atoms with E-state index >= 15 is 0 Å². The molecule has 5 heteroatoms. The summed E-state index contributed by atoms with van der Waals surface area (Å²) in [6, 6.07) is 0.0269. The lowest BCUT2D eigenvalue weighted by Crippen LogP contribution is -2.47. The van der Waals surface area contributed by atoms with Gasteiger partial charge in [-0.15, -0.1) is 0 Å². The van der Waals surface area contributed by atoms with E-state index in [0.717, 1.165) is 25.9 Å². The third-order valence-electron chi connectivity index (χ3n) is 3.03. The first kappa shape index (κ1) is 14.9. The van der Waals surface area contributed by atoms with Gasteiger partial charge < -0.3 is 14.2 Å². The lowest BCUT2D eigenvalue weighted by atomic mass is 10.1. The third-order valence-corrected chi connectivity index (χ3v) is 3.03. The minimum absolute atomic E-state index is 0.0269. The molecule has 2 atom stereocenters. The van der Waals surface area contributed by atoms with E-state index in [1.807, 2.05) is 13.8 Å². The third kappa shape index (κ3) is 5.31. The van der Waals surface area contributed by atoms with Gasteiger partial charge in [0.25, 0.3) is 0 Å². The molecule has 0 amide bonds. The van der Waals surface area contributed by atoms with Crippen molar-refractivity contribution in [2.45, 2.75) is 58.0 Å². The van der Waals surface area contributed by atoms with Crippen LogP contribution in [0.15, 0.2) is 0 Å². The Labute approximate surface area is 104 Å². The van der Waals surface area contributed by atoms with Crippen molar-refractivity contribution >= 4 is 0 Å². The molecule has 17 heavy (non-hydrogen) atoms. The Morgan fingerprint density at radius 1 is 1.35 bits per heavy atom. The molecule has 0 aromatic heterocycles. The van der Waals surface area contributed by atoms with Gasteiger partial charge in [0.05, 0.1) is 12.1 Å². The zero-order chi connectivity index (χ0) is 12.5. The zero-order valence-corrected chi connectivity index (χ0v) is 11.0. The lowest BCUT2D eigenvalue weighted by molar-refractivity contribution is -0.156. The van der Waals surface area contributed by atoms with Gasteiger partial charge in [0.2, 0.25) is 0 Å². The molecule has 1 aliphatic heterocycles. The molecule has 0 aliphatic carbocycles. The van der Waals surface area contributed by atoms with Crippen molar-refractivity contribution in [2.75, 3.05) is 19.8 Å². The molecule has 0 aromatic rings. The first-order chi connectivity index (χ1) is 8.31. The van der Waals surface area contributed by atoms with Crippen molar-refractivity contribution in [2.24, 2.45) is 5.84 Å². The van der Waals surface area contributed by atoms with Crippen molar-refractivity contribution in [1.82, 2.24) is 5.43 Å². The van der Waals surface area contributed by atoms with E-state index in [-0.39, 0.29) is 12.3 Å². The number of nitrogens with two attached hydrogens (primary N) is 1. The summed E-state index contributed by atoms with van der Waals surface area (Å²) in [7, 11) is 0. The molecule has 3 N–H and O–H groups in total. The molecular formula is C12H26N2O3. The van der Waals surface area contributed by atoms with Crippen LogP contribution >= 0.6 is 0 Å². The van der Waals surface area contributed by atoms with Crippen molar-refractivity contribution in [3.05, 3.63) is 0 Å². The molecule has 1 heterocycles. The molecule has 0 bridgehead atoms. The highest BCUT2D eigenvalue weighted by Gasteiger charge is 2.24. The van der Waals surface area contributed by atoms with Crippen LogP contribution in [-0.2, 0) is 14.2 Å². The van der Waals surface area contributed by atoms with E-state index in [1.54, 1.807) is 0 Å². The van der Waals surface area contributed by atoms with Crippen molar-refractivity contribution in [3.8, 4) is 0 Å². The quantitative estimate of drug-likeness (QED) is 0.363. The molecular weight excluding hydrogens is 220 g/mol. The summed E-state index contributed by atoms with van der Waals surface area (Å²) in [4.78, 5) is 0. The van der Waals surface area contributed by atoms with Gasteiger partial charge in [0.15, 0.2) is 6.29 Å². The molecule has 1 aliphatic rings. The molecule has 1 rings (SSSR count). The van der Waals surface area contributed by atoms with E-state index in [4.69, 9.17) is 20.1 Å². The molecule has 102 valence electrons. The van der Waals surface area contributed by atoms with Gasteiger partial charge in [0.1, 0.15) is 0 Å². The zero-order valence-electron chi connectivity index (χ0n) is 11.0. The normalized spacial score (nSPS) is 22.2. The Balaban J connectivity index is 2.32. The van der Waals surface area contributed by atoms with E-state index in [2.05, 4.69) is 5.43 Å². The van der Waals surface area contributed by atoms with E-state index < -0.39 is 0 Å². The number of hydrazine groups is 1. The van der Waals surface area contributed by atoms with Crippen LogP contribution in [0.5, 0.6) is 0 Å². The first-order valence-corrected chi connectivity index (χ1v) is 6.62. The van der Waals surface area contributed by atoms with Crippen LogP contribution in [0.3, 0.4) is 0 Å². The predicted octanol–water partition coefficient (Wildman–Crippen LogP) is 1.18. The van der Waals surface area contributed by atoms with Gasteiger partial charge in [0, 0.05) is 19.8 Å². The fourth-order valence-corrected chi connectivity index (χ4v) is 2.14. The molecule has 5 nitrogen and oxygen atoms in total. The molecule has 2 unspecified atom stereocenters. The number of ether oxygens (including phenoxy) is 3. The second-order valence-corrected chi connectivity index (χ2v) is 4.26. The van der Waals surface area contributed by atoms with Crippen molar-refractivity contribution in [1.29, 1.82) is 0 Å². The molecule has 1 saturated heterocycles. The SMILES string of the molecule is CCOC(OCC)C(CCC1CCCO1)NN. The van der Waals surface area contributed by atoms with E-state index in [9.17, 15) is 0 Å². The minimum Gasteiger partial charge on any atom is -0.378 e. The maximum absolute atomic E-state index is 5.60. The van der Waals surface area contributed by atoms with Gasteiger partial charge in [-0.25, -0.2) is 0 Å². The summed E-state index contributed by atoms with van der Waals surface area (Å²) in [6.45, 7) is 6.07. The highest BCUT2D eigenvalue weighted by Crippen LogP contribution is 2.19. The largest absolute Gasteiger partial charge is 0.378 e. The summed E-state index contributed by atoms with van der Waals surface area (Å²) >= 11 is 0. The second kappa shape index (κ2) is 8.83. The van der Waals surface area contributed by atoms with Crippen LogP contribution in [-0.4, -0.2) is 38.3 Å². The van der Waals surface area contributed by atoms with Crippen LogP contribution in [0.25, 0.3) is 0 Å². The highest BCUT2D eigenvalue weighted by molar-refractivity contribution is 4.73. The number of hydrogen-bond acceptors (Lipinski definition) is 5. The molecule has 1 fully saturated rings. The monoisotopic (exact) mass is 246 g/mol. The maximum atomic E-state index is 5.60. The Morgan fingerprint density at radius 2 is 2.06 bits per heavy atom. The number of nitrogens with one attached hydrogen (secondary N) is 1. The Bertz CT molecular complexity index is 181. The van der Waals surface area contributed by atoms with Gasteiger partial charge in [-0.2, -0.15) is 0 Å². The van der Waals surface area contributed by atoms with E-state index in [1.165, 1.54) is 6.42 Å². The lowest BCUT2D eigenvalue weighted by Gasteiger charge is -2.26. The Morgan fingerprint density at radius 3 is 2.53 bits per heavy atom. The van der Waals surface area contributed by atoms with Crippen LogP contribution in [0.4, 0.5) is 0 Å². The summed E-state index contributed by atoms with van der Waals surface area (Å²) in [5, 5.41) is 0. The fourth-order valence-electron chi connectivity index (χ4n) is 2.14. The molecule has 0 aromatic carbocycles. The Kier molecular flexibility index (Phi) is 7.72. The Hall–Kier alpha value is -0.200. The predicted molar refractivity (Wildman–Crippen MR) is 66.4 cm³/mol. The summed E-state index contributed by atoms with van der Waals surface area (Å²) in [6.07, 6.45) is 4.36. The summed E-state index contributed by atoms with van der Waals surface area (Å²) < 4.78 is 16.7. The van der Waals surface area contributed by atoms with Crippen molar-refractivity contribution in [3.63, 3.8) is 0 Å². The highest BCUT2D eigenvalue weighted by atomic mass is 16.7. The molecule has 0 spiro atoms. The molecule has 0 saturated carbocycles. The summed E-state index contributed by atoms with van der Waals surface area (Å²) in [5.74, 6) is 5.57. The topological polar surface area (TPSA) is 65.7 Å². The van der Waals surface area contributed by atoms with Crippen LogP contribution < -0.4 is 11.3 Å². The van der Waals surface area contributed by atoms with Crippen LogP contribution in [0.1, 0.15) is 39.5 Å². The second-order valence-electron chi connectivity index (χ2n) is 4.26. The molecule has 0 radical (unpaired) electrons. The van der Waals surface area contributed by atoms with Gasteiger partial charge >= 0.3 is 0 Å². The fraction of sp³-hybridized carbons (Fsp3) is 1.00. The average Bonchev–Trinajstić information content (AvgIpc) is 2.83. The van der Waals surface area contributed by atoms with Gasteiger partial charge in [-0.3, -0.25) is 11.3 Å². The minimum atomic E-state index is -0.267. The maximum Gasteiger partial charge on any atom is 0.173 e. The van der Waals surface area contributed by atoms with Crippen molar-refractivity contribution < 1.29 is 14.2 Å². The standard InChI is InChI=1S/C12H26N2O3/c1-3-15-12(16-4-2)11(14-13)8-7-10-6-5-9-17-10/h10-12,14H,3-9,13H2,1-2H3. The number of hydrogen-bond donors (Lipinski definition) is 2.